The van der Waals surface area contributed by atoms with Crippen molar-refractivity contribution in [1.29, 1.82) is 0 Å². The lowest BCUT2D eigenvalue weighted by Gasteiger charge is -2.27. The second-order valence-corrected chi connectivity index (χ2v) is 11.3. The summed E-state index contributed by atoms with van der Waals surface area (Å²) in [5.74, 6) is -0.409. The topological polar surface area (TPSA) is 126 Å². The average molecular weight is 576 g/mol. The number of aliphatic hydroxyl groups excluding tert-OH is 1. The van der Waals surface area contributed by atoms with E-state index in [2.05, 4.69) is 15.6 Å². The van der Waals surface area contributed by atoms with Gasteiger partial charge in [0, 0.05) is 55.6 Å². The van der Waals surface area contributed by atoms with E-state index in [9.17, 15) is 19.1 Å². The minimum atomic E-state index is -1.13. The van der Waals surface area contributed by atoms with Crippen molar-refractivity contribution >= 4 is 17.8 Å². The molecule has 3 aliphatic rings. The lowest BCUT2D eigenvalue weighted by atomic mass is 10.0. The second-order valence-electron chi connectivity index (χ2n) is 11.3. The fourth-order valence-electron chi connectivity index (χ4n) is 5.78. The van der Waals surface area contributed by atoms with Crippen LogP contribution < -0.4 is 15.4 Å². The molecule has 2 fully saturated rings. The van der Waals surface area contributed by atoms with Crippen molar-refractivity contribution in [1.82, 2.24) is 20.2 Å². The third-order valence-corrected chi connectivity index (χ3v) is 8.48. The van der Waals surface area contributed by atoms with Gasteiger partial charge in [0.2, 0.25) is 11.9 Å². The zero-order valence-corrected chi connectivity index (χ0v) is 23.8. The number of aromatic nitrogens is 2. The van der Waals surface area contributed by atoms with Gasteiger partial charge in [-0.25, -0.2) is 14.4 Å². The Morgan fingerprint density at radius 1 is 1.24 bits per heavy atom. The number of carbonyl (C=O) groups excluding carboxylic acids is 2. The molecule has 6 rings (SSSR count). The summed E-state index contributed by atoms with van der Waals surface area (Å²) in [4.78, 5) is 37.7. The molecule has 3 atom stereocenters. The number of rotatable bonds is 8. The van der Waals surface area contributed by atoms with E-state index in [0.717, 1.165) is 35.2 Å². The Morgan fingerprint density at radius 3 is 2.71 bits per heavy atom. The predicted octanol–water partition coefficient (Wildman–Crippen LogP) is 3.31. The van der Waals surface area contributed by atoms with Gasteiger partial charge in [0.15, 0.2) is 0 Å². The molecular formula is C31H34FN5O5. The van der Waals surface area contributed by atoms with Crippen molar-refractivity contribution in [3.63, 3.8) is 0 Å². The van der Waals surface area contributed by atoms with Crippen molar-refractivity contribution in [3.05, 3.63) is 70.7 Å². The predicted molar refractivity (Wildman–Crippen MR) is 152 cm³/mol. The van der Waals surface area contributed by atoms with E-state index in [4.69, 9.17) is 14.5 Å². The maximum Gasteiger partial charge on any atom is 0.255 e. The fourth-order valence-corrected chi connectivity index (χ4v) is 5.78. The van der Waals surface area contributed by atoms with Crippen LogP contribution in [0, 0.1) is 12.7 Å². The maximum absolute atomic E-state index is 14.2. The number of hydrogen-bond acceptors (Lipinski definition) is 8. The number of methoxy groups -OCH3 is 1. The third-order valence-electron chi connectivity index (χ3n) is 8.48. The second kappa shape index (κ2) is 11.0. The van der Waals surface area contributed by atoms with Gasteiger partial charge in [0.1, 0.15) is 17.6 Å². The van der Waals surface area contributed by atoms with Crippen molar-refractivity contribution in [2.24, 2.45) is 0 Å². The summed E-state index contributed by atoms with van der Waals surface area (Å²) in [7, 11) is 1.42. The molecule has 10 nitrogen and oxygen atoms in total. The number of fused-ring (bicyclic) bond motifs is 1. The van der Waals surface area contributed by atoms with E-state index in [1.165, 1.54) is 24.1 Å². The molecule has 2 unspecified atom stereocenters. The molecule has 1 aliphatic carbocycles. The van der Waals surface area contributed by atoms with Crippen LogP contribution in [0.25, 0.3) is 11.3 Å². The quantitative estimate of drug-likeness (QED) is 0.374. The number of nitrogens with one attached hydrogen (secondary N) is 2. The summed E-state index contributed by atoms with van der Waals surface area (Å²) in [5.41, 5.74) is 3.01. The minimum absolute atomic E-state index is 0.235. The number of carbonyl (C=O) groups is 2. The molecule has 1 saturated carbocycles. The molecule has 2 amide bonds. The van der Waals surface area contributed by atoms with Crippen molar-refractivity contribution in [3.8, 4) is 17.0 Å². The molecule has 1 saturated heterocycles. The summed E-state index contributed by atoms with van der Waals surface area (Å²) in [6, 6.07) is 9.18. The molecule has 3 aromatic rings. The summed E-state index contributed by atoms with van der Waals surface area (Å²) >= 11 is 0. The molecular weight excluding hydrogens is 541 g/mol. The zero-order valence-electron chi connectivity index (χ0n) is 23.8. The lowest BCUT2D eigenvalue weighted by Crippen LogP contribution is -2.49. The number of hydrogen-bond donors (Lipinski definition) is 3. The van der Waals surface area contributed by atoms with Crippen LogP contribution in [0.2, 0.25) is 0 Å². The molecule has 11 heteroatoms. The average Bonchev–Trinajstić information content (AvgIpc) is 3.53. The smallest absolute Gasteiger partial charge is 0.255 e. The van der Waals surface area contributed by atoms with Crippen LogP contribution in [0.15, 0.2) is 42.6 Å². The van der Waals surface area contributed by atoms with Crippen molar-refractivity contribution in [2.45, 2.75) is 63.4 Å². The first-order valence-electron chi connectivity index (χ1n) is 14.2. The van der Waals surface area contributed by atoms with Crippen LogP contribution >= 0.6 is 0 Å². The minimum Gasteiger partial charge on any atom is -0.497 e. The molecule has 0 spiro atoms. The van der Waals surface area contributed by atoms with Crippen molar-refractivity contribution in [2.75, 3.05) is 25.6 Å². The Morgan fingerprint density at radius 2 is 2.00 bits per heavy atom. The lowest BCUT2D eigenvalue weighted by molar-refractivity contribution is -0.126. The number of nitrogens with zero attached hydrogens (tertiary/aromatic N) is 3. The fraction of sp³-hybridized carbons (Fsp3) is 0.419. The van der Waals surface area contributed by atoms with Gasteiger partial charge in [-0.2, -0.15) is 0 Å². The Kier molecular flexibility index (Phi) is 7.32. The van der Waals surface area contributed by atoms with Crippen LogP contribution in [-0.4, -0.2) is 70.3 Å². The normalized spacial score (nSPS) is 22.5. The van der Waals surface area contributed by atoms with Gasteiger partial charge < -0.3 is 30.1 Å². The van der Waals surface area contributed by atoms with E-state index in [-0.39, 0.29) is 30.7 Å². The summed E-state index contributed by atoms with van der Waals surface area (Å²) < 4.78 is 24.8. The van der Waals surface area contributed by atoms with Crippen LogP contribution in [0.3, 0.4) is 0 Å². The third kappa shape index (κ3) is 5.18. The first-order valence-corrected chi connectivity index (χ1v) is 14.2. The van der Waals surface area contributed by atoms with E-state index in [0.29, 0.717) is 30.3 Å². The van der Waals surface area contributed by atoms with Gasteiger partial charge in [-0.1, -0.05) is 12.1 Å². The Bertz CT molecular complexity index is 1540. The Balaban J connectivity index is 1.19. The highest BCUT2D eigenvalue weighted by atomic mass is 19.1. The Hall–Kier alpha value is -4.09. The molecule has 3 N–H and O–H groups in total. The summed E-state index contributed by atoms with van der Waals surface area (Å²) in [6.45, 7) is 5.26. The number of anilines is 1. The largest absolute Gasteiger partial charge is 0.497 e. The van der Waals surface area contributed by atoms with E-state index < -0.39 is 29.4 Å². The molecule has 2 aromatic carbocycles. The van der Waals surface area contributed by atoms with Gasteiger partial charge in [-0.15, -0.1) is 0 Å². The first kappa shape index (κ1) is 28.0. The molecule has 0 radical (unpaired) electrons. The molecule has 42 heavy (non-hydrogen) atoms. The summed E-state index contributed by atoms with van der Waals surface area (Å²) in [5, 5.41) is 16.7. The number of ether oxygens (including phenoxy) is 2. The monoisotopic (exact) mass is 575 g/mol. The highest BCUT2D eigenvalue weighted by Crippen LogP contribution is 2.47. The Labute approximate surface area is 243 Å². The van der Waals surface area contributed by atoms with Crippen LogP contribution in [0.5, 0.6) is 5.75 Å². The molecule has 0 bridgehead atoms. The number of aryl methyl sites for hydroxylation is 1. The van der Waals surface area contributed by atoms with Crippen molar-refractivity contribution < 1.29 is 28.6 Å². The molecule has 2 aliphatic heterocycles. The van der Waals surface area contributed by atoms with Gasteiger partial charge in [0.25, 0.3) is 5.91 Å². The van der Waals surface area contributed by atoms with E-state index in [1.807, 2.05) is 25.1 Å². The number of aliphatic hydroxyl groups is 1. The highest BCUT2D eigenvalue weighted by Gasteiger charge is 2.57. The summed E-state index contributed by atoms with van der Waals surface area (Å²) in [6.07, 6.45) is 2.90. The van der Waals surface area contributed by atoms with Gasteiger partial charge in [0.05, 0.1) is 24.4 Å². The van der Waals surface area contributed by atoms with Crippen LogP contribution in [0.4, 0.5) is 10.3 Å². The number of benzene rings is 2. The molecule has 1 aromatic heterocycles. The van der Waals surface area contributed by atoms with Gasteiger partial charge in [-0.3, -0.25) is 9.59 Å². The maximum atomic E-state index is 14.2. The highest BCUT2D eigenvalue weighted by molar-refractivity contribution is 6.02. The van der Waals surface area contributed by atoms with Gasteiger partial charge in [-0.05, 0) is 61.6 Å². The van der Waals surface area contributed by atoms with Crippen LogP contribution in [0.1, 0.15) is 53.2 Å². The number of halogens is 1. The number of amides is 2. The van der Waals surface area contributed by atoms with Gasteiger partial charge >= 0.3 is 0 Å². The standard InChI is InChI=1S/C31H34FN5O5/c1-17-15-33-30(34-23-6-8-42-9-7-23)35-27(17)19-4-5-20-16-37(29(40)25(20)10-19)18(2)28(39)36-31(14-26(31)38)21-11-22(32)13-24(12-21)41-3/h4-5,10-13,15,18,23,26,38H,6-9,14,16H2,1-3H3,(H,36,39)(H,33,34,35)/t18-,26?,31?/m1/s1. The first-order chi connectivity index (χ1) is 20.2. The molecule has 3 heterocycles. The SMILES string of the molecule is COc1cc(F)cc(C2(NC(=O)[C@@H](C)N3Cc4ccc(-c5nc(NC6CCOCC6)ncc5C)cc4C3=O)CC2O)c1. The molecule has 220 valence electrons. The van der Waals surface area contributed by atoms with Crippen LogP contribution in [-0.2, 0) is 21.6 Å². The zero-order chi connectivity index (χ0) is 29.6. The van der Waals surface area contributed by atoms with E-state index in [1.54, 1.807) is 19.2 Å². The van der Waals surface area contributed by atoms with E-state index >= 15 is 0 Å².